The van der Waals surface area contributed by atoms with Gasteiger partial charge in [-0.15, -0.1) is 0 Å². The summed E-state index contributed by atoms with van der Waals surface area (Å²) in [5.74, 6) is 3.47. The van der Waals surface area contributed by atoms with Crippen molar-refractivity contribution >= 4 is 5.71 Å². The second-order valence-electron chi connectivity index (χ2n) is 14.4. The highest BCUT2D eigenvalue weighted by Gasteiger charge is 2.59. The minimum absolute atomic E-state index is 0.174. The molecule has 39 heavy (non-hydrogen) atoms. The van der Waals surface area contributed by atoms with E-state index in [4.69, 9.17) is 19.5 Å². The molecule has 1 heterocycles. The zero-order chi connectivity index (χ0) is 27.2. The molecule has 0 amide bonds. The predicted octanol–water partition coefficient (Wildman–Crippen LogP) is 8.78. The first-order valence-electron chi connectivity index (χ1n) is 16.4. The number of fused-ring (bicyclic) bond motifs is 5. The Kier molecular flexibility index (Phi) is 7.92. The van der Waals surface area contributed by atoms with Crippen molar-refractivity contribution < 1.29 is 14.3 Å². The van der Waals surface area contributed by atoms with E-state index in [0.29, 0.717) is 22.7 Å². The highest BCUT2D eigenvalue weighted by Crippen LogP contribution is 2.66. The van der Waals surface area contributed by atoms with Crippen LogP contribution in [0.25, 0.3) is 0 Å². The van der Waals surface area contributed by atoms with Gasteiger partial charge in [0.15, 0.2) is 6.29 Å². The lowest BCUT2D eigenvalue weighted by Gasteiger charge is -2.58. The molecule has 0 saturated heterocycles. The van der Waals surface area contributed by atoms with Gasteiger partial charge in [0, 0.05) is 11.8 Å². The Morgan fingerprint density at radius 1 is 1.05 bits per heavy atom. The van der Waals surface area contributed by atoms with Crippen LogP contribution in [-0.4, -0.2) is 30.3 Å². The summed E-state index contributed by atoms with van der Waals surface area (Å²) in [7, 11) is 0. The number of nitrogens with zero attached hydrogens (tertiary/aromatic N) is 1. The Morgan fingerprint density at radius 2 is 1.92 bits per heavy atom. The van der Waals surface area contributed by atoms with Crippen LogP contribution in [0.1, 0.15) is 112 Å². The van der Waals surface area contributed by atoms with Crippen molar-refractivity contribution in [1.29, 1.82) is 0 Å². The van der Waals surface area contributed by atoms with Crippen LogP contribution in [0, 0.1) is 40.4 Å². The van der Waals surface area contributed by atoms with Crippen molar-refractivity contribution in [2.75, 3.05) is 0 Å². The molecule has 0 aromatic heterocycles. The highest BCUT2D eigenvalue weighted by atomic mass is 16.7. The summed E-state index contributed by atoms with van der Waals surface area (Å²) in [5.41, 5.74) is 3.63. The zero-order valence-electron chi connectivity index (χ0n) is 25.2. The fourth-order valence-electron chi connectivity index (χ4n) is 9.98. The Balaban J connectivity index is 1.12. The Bertz CT molecular complexity index is 1010. The third-order valence-corrected chi connectivity index (χ3v) is 12.3. The fourth-order valence-corrected chi connectivity index (χ4v) is 9.98. The van der Waals surface area contributed by atoms with E-state index in [-0.39, 0.29) is 24.6 Å². The highest BCUT2D eigenvalue weighted by molar-refractivity contribution is 5.85. The molecule has 4 heteroatoms. The maximum absolute atomic E-state index is 6.56. The van der Waals surface area contributed by atoms with Crippen molar-refractivity contribution in [3.05, 3.63) is 36.0 Å². The van der Waals surface area contributed by atoms with Gasteiger partial charge in [-0.1, -0.05) is 56.7 Å². The van der Waals surface area contributed by atoms with E-state index in [2.05, 4.69) is 65.0 Å². The van der Waals surface area contributed by atoms with E-state index >= 15 is 0 Å². The first-order chi connectivity index (χ1) is 18.8. The van der Waals surface area contributed by atoms with Gasteiger partial charge in [0.1, 0.15) is 6.10 Å². The fraction of sp³-hybridized carbons (Fsp3) is 0.800. The molecule has 3 saturated carbocycles. The van der Waals surface area contributed by atoms with Crippen LogP contribution < -0.4 is 0 Å². The van der Waals surface area contributed by atoms with Gasteiger partial charge in [-0.2, -0.15) is 0 Å². The molecule has 4 nitrogen and oxygen atoms in total. The molecule has 1 aliphatic heterocycles. The van der Waals surface area contributed by atoms with Crippen molar-refractivity contribution in [3.63, 3.8) is 0 Å². The lowest BCUT2D eigenvalue weighted by molar-refractivity contribution is -0.188. The summed E-state index contributed by atoms with van der Waals surface area (Å²) < 4.78 is 12.8. The van der Waals surface area contributed by atoms with Crippen molar-refractivity contribution in [1.82, 2.24) is 0 Å². The summed E-state index contributed by atoms with van der Waals surface area (Å²) in [4.78, 5) is 6.02. The summed E-state index contributed by atoms with van der Waals surface area (Å²) in [6.45, 7) is 11.9. The lowest BCUT2D eigenvalue weighted by Crippen LogP contribution is -2.51. The standard InChI is InChI=1S/C35H53NO3/c1-6-32-23(2)12-17-33(38-32)37-27-18-20-34(4)25(22-27)13-14-28-30-16-15-29(35(30,5)21-19-31(28)34)24(3)36-39-26-10-8-7-9-11-26/h8,10,12-13,17,23,26-33H,6-7,9,11,14-16,18-22H2,1-5H3/b36-24+/t23-,26?,27-,28?,29+,30?,31?,32+,33?,34-,35+/m0/s1. The van der Waals surface area contributed by atoms with Gasteiger partial charge in [-0.25, -0.2) is 0 Å². The van der Waals surface area contributed by atoms with Gasteiger partial charge in [-0.3, -0.25) is 0 Å². The maximum atomic E-state index is 6.56. The molecule has 11 atom stereocenters. The molecule has 0 aromatic rings. The predicted molar refractivity (Wildman–Crippen MR) is 158 cm³/mol. The Hall–Kier alpha value is -1.39. The van der Waals surface area contributed by atoms with Crippen LogP contribution in [0.5, 0.6) is 0 Å². The van der Waals surface area contributed by atoms with Crippen LogP contribution in [0.2, 0.25) is 0 Å². The molecular formula is C35H53NO3. The minimum Gasteiger partial charge on any atom is -0.388 e. The molecule has 6 aliphatic rings. The van der Waals surface area contributed by atoms with Crippen molar-refractivity contribution in [2.24, 2.45) is 45.6 Å². The van der Waals surface area contributed by atoms with E-state index in [1.165, 1.54) is 57.1 Å². The smallest absolute Gasteiger partial charge is 0.177 e. The summed E-state index contributed by atoms with van der Waals surface area (Å²) in [6.07, 6.45) is 26.7. The molecule has 0 spiro atoms. The summed E-state index contributed by atoms with van der Waals surface area (Å²) in [6, 6.07) is 0. The summed E-state index contributed by atoms with van der Waals surface area (Å²) >= 11 is 0. The first-order valence-corrected chi connectivity index (χ1v) is 16.4. The van der Waals surface area contributed by atoms with Crippen molar-refractivity contribution in [3.8, 4) is 0 Å². The molecule has 216 valence electrons. The third kappa shape index (κ3) is 5.11. The van der Waals surface area contributed by atoms with Crippen LogP contribution in [-0.2, 0) is 14.3 Å². The molecule has 0 radical (unpaired) electrons. The largest absolute Gasteiger partial charge is 0.388 e. The number of ether oxygens (including phenoxy) is 2. The van der Waals surface area contributed by atoms with Gasteiger partial charge >= 0.3 is 0 Å². The molecule has 3 fully saturated rings. The van der Waals surface area contributed by atoms with E-state index < -0.39 is 0 Å². The molecular weight excluding hydrogens is 482 g/mol. The maximum Gasteiger partial charge on any atom is 0.177 e. The van der Waals surface area contributed by atoms with Gasteiger partial charge in [0.05, 0.1) is 17.9 Å². The second kappa shape index (κ2) is 11.1. The average molecular weight is 536 g/mol. The third-order valence-electron chi connectivity index (χ3n) is 12.3. The zero-order valence-corrected chi connectivity index (χ0v) is 25.2. The van der Waals surface area contributed by atoms with E-state index in [0.717, 1.165) is 43.4 Å². The van der Waals surface area contributed by atoms with E-state index in [1.807, 2.05) is 0 Å². The van der Waals surface area contributed by atoms with Gasteiger partial charge in [0.2, 0.25) is 0 Å². The van der Waals surface area contributed by atoms with E-state index in [1.54, 1.807) is 5.57 Å². The van der Waals surface area contributed by atoms with Crippen LogP contribution in [0.3, 0.4) is 0 Å². The van der Waals surface area contributed by atoms with Crippen LogP contribution in [0.4, 0.5) is 0 Å². The second-order valence-corrected chi connectivity index (χ2v) is 14.4. The summed E-state index contributed by atoms with van der Waals surface area (Å²) in [5, 5.41) is 4.74. The molecule has 0 N–H and O–H groups in total. The number of oxime groups is 1. The normalized spacial score (nSPS) is 47.7. The molecule has 0 aromatic carbocycles. The quantitative estimate of drug-likeness (QED) is 0.194. The number of hydrogen-bond acceptors (Lipinski definition) is 4. The van der Waals surface area contributed by atoms with Crippen LogP contribution >= 0.6 is 0 Å². The molecule has 0 bridgehead atoms. The van der Waals surface area contributed by atoms with Gasteiger partial charge in [-0.05, 0) is 125 Å². The number of allylic oxidation sites excluding steroid dienone is 2. The SMILES string of the molecule is CC[C@H]1OC(O[C@H]2CC[C@@]3(C)C(=CCC4C3CC[C@@]3(C)C4CC[C@@H]3/C(C)=N/OC3C=CCCC3)C2)C=C[C@@H]1C. The number of hydrogen-bond donors (Lipinski definition) is 0. The first kappa shape index (κ1) is 27.8. The monoisotopic (exact) mass is 535 g/mol. The minimum atomic E-state index is -0.175. The lowest BCUT2D eigenvalue weighted by atomic mass is 9.47. The Labute approximate surface area is 237 Å². The van der Waals surface area contributed by atoms with Crippen LogP contribution in [0.15, 0.2) is 41.1 Å². The van der Waals surface area contributed by atoms with Gasteiger partial charge in [0.25, 0.3) is 0 Å². The molecule has 5 aliphatic carbocycles. The van der Waals surface area contributed by atoms with Crippen molar-refractivity contribution in [2.45, 2.75) is 136 Å². The van der Waals surface area contributed by atoms with Gasteiger partial charge < -0.3 is 14.3 Å². The topological polar surface area (TPSA) is 40.0 Å². The van der Waals surface area contributed by atoms with E-state index in [9.17, 15) is 0 Å². The Morgan fingerprint density at radius 3 is 2.72 bits per heavy atom. The molecule has 6 rings (SSSR count). The average Bonchev–Trinajstić information content (AvgIpc) is 3.31. The number of rotatable bonds is 6. The molecule has 5 unspecified atom stereocenters.